The van der Waals surface area contributed by atoms with Gasteiger partial charge in [0.1, 0.15) is 11.8 Å². The molecule has 0 saturated heterocycles. The predicted molar refractivity (Wildman–Crippen MR) is 67.9 cm³/mol. The van der Waals surface area contributed by atoms with Gasteiger partial charge >= 0.3 is 5.97 Å². The van der Waals surface area contributed by atoms with Gasteiger partial charge in [-0.25, -0.2) is 14.4 Å². The zero-order valence-electron chi connectivity index (χ0n) is 9.21. The molecule has 1 aromatic heterocycles. The number of carbonyl (C=O) groups is 1. The minimum Gasteiger partial charge on any atom is -0.469 e. The molecular formula is C11H7BrClFN2O2. The normalized spacial score (nSPS) is 10.7. The first-order valence-corrected chi connectivity index (χ1v) is 6.05. The molecular weight excluding hydrogens is 326 g/mol. The van der Waals surface area contributed by atoms with E-state index in [0.29, 0.717) is 11.1 Å². The number of rotatable bonds is 2. The SMILES string of the molecule is COC(=O)Cc1ncnc2c(F)c(Br)c(Cl)cc12. The maximum Gasteiger partial charge on any atom is 0.311 e. The summed E-state index contributed by atoms with van der Waals surface area (Å²) in [7, 11) is 1.27. The van der Waals surface area contributed by atoms with Gasteiger partial charge in [0.05, 0.1) is 28.7 Å². The lowest BCUT2D eigenvalue weighted by atomic mass is 10.1. The van der Waals surface area contributed by atoms with E-state index in [4.69, 9.17) is 11.6 Å². The topological polar surface area (TPSA) is 52.1 Å². The van der Waals surface area contributed by atoms with Gasteiger partial charge in [-0.2, -0.15) is 0 Å². The maximum atomic E-state index is 13.9. The van der Waals surface area contributed by atoms with Gasteiger partial charge in [-0.3, -0.25) is 4.79 Å². The quantitative estimate of drug-likeness (QED) is 0.626. The van der Waals surface area contributed by atoms with Crippen molar-refractivity contribution in [2.24, 2.45) is 0 Å². The van der Waals surface area contributed by atoms with Gasteiger partial charge in [0.25, 0.3) is 0 Å². The van der Waals surface area contributed by atoms with Crippen molar-refractivity contribution in [1.29, 1.82) is 0 Å². The van der Waals surface area contributed by atoms with Crippen LogP contribution in [0.1, 0.15) is 5.69 Å². The molecule has 18 heavy (non-hydrogen) atoms. The summed E-state index contributed by atoms with van der Waals surface area (Å²) in [6, 6.07) is 1.52. The molecule has 0 amide bonds. The van der Waals surface area contributed by atoms with Crippen molar-refractivity contribution in [3.05, 3.63) is 33.4 Å². The van der Waals surface area contributed by atoms with Crippen molar-refractivity contribution in [3.63, 3.8) is 0 Å². The summed E-state index contributed by atoms with van der Waals surface area (Å²) in [6.45, 7) is 0. The molecule has 0 N–H and O–H groups in total. The molecule has 0 unspecified atom stereocenters. The Bertz CT molecular complexity index is 636. The van der Waals surface area contributed by atoms with Crippen LogP contribution in [0.2, 0.25) is 5.02 Å². The van der Waals surface area contributed by atoms with Gasteiger partial charge in [-0.15, -0.1) is 0 Å². The number of benzene rings is 1. The Kier molecular flexibility index (Phi) is 3.77. The number of nitrogens with zero attached hydrogens (tertiary/aromatic N) is 2. The van der Waals surface area contributed by atoms with Gasteiger partial charge in [-0.05, 0) is 22.0 Å². The van der Waals surface area contributed by atoms with E-state index in [1.54, 1.807) is 0 Å². The summed E-state index contributed by atoms with van der Waals surface area (Å²) in [5.74, 6) is -1.04. The van der Waals surface area contributed by atoms with E-state index in [2.05, 4.69) is 30.6 Å². The predicted octanol–water partition coefficient (Wildman–Crippen LogP) is 2.90. The van der Waals surface area contributed by atoms with E-state index in [0.717, 1.165) is 0 Å². The van der Waals surface area contributed by atoms with Crippen LogP contribution in [-0.4, -0.2) is 23.0 Å². The number of ether oxygens (including phenoxy) is 1. The number of esters is 1. The molecule has 0 aliphatic rings. The lowest BCUT2D eigenvalue weighted by molar-refractivity contribution is -0.139. The second-order valence-electron chi connectivity index (χ2n) is 3.46. The number of methoxy groups -OCH3 is 1. The summed E-state index contributed by atoms with van der Waals surface area (Å²) in [6.07, 6.45) is 1.14. The third-order valence-electron chi connectivity index (χ3n) is 2.39. The van der Waals surface area contributed by atoms with Gasteiger partial charge in [0, 0.05) is 5.39 Å². The number of hydrogen-bond acceptors (Lipinski definition) is 4. The van der Waals surface area contributed by atoms with Crippen molar-refractivity contribution in [2.45, 2.75) is 6.42 Å². The molecule has 2 rings (SSSR count). The third kappa shape index (κ3) is 2.30. The Balaban J connectivity index is 2.66. The van der Waals surface area contributed by atoms with Crippen LogP contribution in [0.25, 0.3) is 10.9 Å². The van der Waals surface area contributed by atoms with E-state index in [1.807, 2.05) is 0 Å². The first-order chi connectivity index (χ1) is 8.54. The van der Waals surface area contributed by atoms with Gasteiger partial charge in [-0.1, -0.05) is 11.6 Å². The molecule has 0 bridgehead atoms. The lowest BCUT2D eigenvalue weighted by Crippen LogP contribution is -2.07. The molecule has 1 aromatic carbocycles. The molecule has 94 valence electrons. The minimum absolute atomic E-state index is 0.0626. The summed E-state index contributed by atoms with van der Waals surface area (Å²) in [5.41, 5.74) is 0.486. The molecule has 0 saturated carbocycles. The highest BCUT2D eigenvalue weighted by Gasteiger charge is 2.16. The number of hydrogen-bond donors (Lipinski definition) is 0. The van der Waals surface area contributed by atoms with Gasteiger partial charge < -0.3 is 4.74 Å². The van der Waals surface area contributed by atoms with Crippen molar-refractivity contribution < 1.29 is 13.9 Å². The maximum absolute atomic E-state index is 13.9. The molecule has 0 spiro atoms. The Morgan fingerprint density at radius 3 is 2.94 bits per heavy atom. The second kappa shape index (κ2) is 5.16. The van der Waals surface area contributed by atoms with Gasteiger partial charge in [0.2, 0.25) is 0 Å². The van der Waals surface area contributed by atoms with Crippen LogP contribution < -0.4 is 0 Å². The van der Waals surface area contributed by atoms with E-state index < -0.39 is 11.8 Å². The summed E-state index contributed by atoms with van der Waals surface area (Å²) >= 11 is 8.91. The van der Waals surface area contributed by atoms with Crippen LogP contribution in [0.15, 0.2) is 16.9 Å². The molecule has 0 fully saturated rings. The van der Waals surface area contributed by atoms with Crippen molar-refractivity contribution >= 4 is 44.4 Å². The molecule has 1 heterocycles. The van der Waals surface area contributed by atoms with Crippen molar-refractivity contribution in [1.82, 2.24) is 9.97 Å². The van der Waals surface area contributed by atoms with E-state index in [-0.39, 0.29) is 21.4 Å². The second-order valence-corrected chi connectivity index (χ2v) is 4.66. The van der Waals surface area contributed by atoms with Crippen molar-refractivity contribution in [3.8, 4) is 0 Å². The zero-order chi connectivity index (χ0) is 13.3. The number of carbonyl (C=O) groups excluding carboxylic acids is 1. The van der Waals surface area contributed by atoms with Crippen LogP contribution in [0.4, 0.5) is 4.39 Å². The Morgan fingerprint density at radius 2 is 2.28 bits per heavy atom. The summed E-state index contributed by atoms with van der Waals surface area (Å²) in [4.78, 5) is 19.0. The highest BCUT2D eigenvalue weighted by molar-refractivity contribution is 9.10. The summed E-state index contributed by atoms with van der Waals surface area (Å²) < 4.78 is 18.6. The number of aromatic nitrogens is 2. The number of fused-ring (bicyclic) bond motifs is 1. The van der Waals surface area contributed by atoms with E-state index in [1.165, 1.54) is 19.5 Å². The fraction of sp³-hybridized carbons (Fsp3) is 0.182. The molecule has 4 nitrogen and oxygen atoms in total. The number of halogens is 3. The van der Waals surface area contributed by atoms with Crippen LogP contribution in [0, 0.1) is 5.82 Å². The first-order valence-electron chi connectivity index (χ1n) is 4.88. The molecule has 0 atom stereocenters. The smallest absolute Gasteiger partial charge is 0.311 e. The molecule has 0 aliphatic heterocycles. The van der Waals surface area contributed by atoms with Crippen molar-refractivity contribution in [2.75, 3.05) is 7.11 Å². The third-order valence-corrected chi connectivity index (χ3v) is 3.69. The van der Waals surface area contributed by atoms with Crippen LogP contribution >= 0.6 is 27.5 Å². The van der Waals surface area contributed by atoms with E-state index >= 15 is 0 Å². The minimum atomic E-state index is -0.578. The molecule has 0 radical (unpaired) electrons. The largest absolute Gasteiger partial charge is 0.469 e. The van der Waals surface area contributed by atoms with E-state index in [9.17, 15) is 9.18 Å². The first kappa shape index (κ1) is 13.2. The van der Waals surface area contributed by atoms with Crippen LogP contribution in [0.5, 0.6) is 0 Å². The highest BCUT2D eigenvalue weighted by Crippen LogP contribution is 2.32. The highest BCUT2D eigenvalue weighted by atomic mass is 79.9. The summed E-state index contributed by atoms with van der Waals surface area (Å²) in [5, 5.41) is 0.592. The monoisotopic (exact) mass is 332 g/mol. The average Bonchev–Trinajstić information content (AvgIpc) is 2.37. The Morgan fingerprint density at radius 1 is 1.56 bits per heavy atom. The van der Waals surface area contributed by atoms with Crippen LogP contribution in [0.3, 0.4) is 0 Å². The molecule has 7 heteroatoms. The average molecular weight is 334 g/mol. The Hall–Kier alpha value is -1.27. The standard InChI is InChI=1S/C11H7BrClFN2O2/c1-18-8(17)3-7-5-2-6(13)9(12)10(14)11(5)16-4-15-7/h2,4H,3H2,1H3. The van der Waals surface area contributed by atoms with Crippen LogP contribution in [-0.2, 0) is 16.0 Å². The fourth-order valence-corrected chi connectivity index (χ4v) is 2.00. The zero-order valence-corrected chi connectivity index (χ0v) is 11.5. The Labute approximate surface area is 115 Å². The fourth-order valence-electron chi connectivity index (χ4n) is 1.51. The molecule has 2 aromatic rings. The molecule has 0 aliphatic carbocycles. The van der Waals surface area contributed by atoms with Gasteiger partial charge in [0.15, 0.2) is 5.82 Å². The lowest BCUT2D eigenvalue weighted by Gasteiger charge is -2.07.